The molecule has 6 N–H and O–H groups in total. The predicted octanol–water partition coefficient (Wildman–Crippen LogP) is 2.95. The van der Waals surface area contributed by atoms with E-state index in [-0.39, 0.29) is 11.1 Å². The summed E-state index contributed by atoms with van der Waals surface area (Å²) in [7, 11) is 0. The fraction of sp³-hybridized carbons (Fsp3) is 0.320. The monoisotopic (exact) mass is 513 g/mol. The first-order valence-electron chi connectivity index (χ1n) is 11.4. The van der Waals surface area contributed by atoms with E-state index in [1.807, 2.05) is 0 Å². The van der Waals surface area contributed by atoms with Gasteiger partial charge < -0.3 is 26.6 Å². The molecule has 0 aliphatic carbocycles. The number of pyridine rings is 1. The molecular weight excluding hydrogens is 485 g/mol. The van der Waals surface area contributed by atoms with Gasteiger partial charge in [-0.3, -0.25) is 14.5 Å². The van der Waals surface area contributed by atoms with E-state index >= 15 is 0 Å². The highest BCUT2D eigenvalue weighted by Gasteiger charge is 2.22. The molecule has 3 aromatic rings. The summed E-state index contributed by atoms with van der Waals surface area (Å²) < 4.78 is 20.3. The molecule has 1 aromatic carbocycles. The number of anilines is 2. The maximum Gasteiger partial charge on any atom is 0.251 e. The minimum atomic E-state index is -1.19. The molecule has 0 atom stereocenters. The summed E-state index contributed by atoms with van der Waals surface area (Å²) in [4.78, 5) is 31.3. The zero-order valence-corrected chi connectivity index (χ0v) is 20.8. The molecule has 0 bridgehead atoms. The van der Waals surface area contributed by atoms with Crippen LogP contribution in [0.4, 0.5) is 15.2 Å². The predicted molar refractivity (Wildman–Crippen MR) is 136 cm³/mol. The number of aromatic nitrogens is 1. The number of rotatable bonds is 8. The van der Waals surface area contributed by atoms with Crippen LogP contribution in [0.3, 0.4) is 0 Å². The molecule has 1 saturated heterocycles. The summed E-state index contributed by atoms with van der Waals surface area (Å²) in [6.45, 7) is 6.15. The second-order valence-electron chi connectivity index (χ2n) is 9.04. The summed E-state index contributed by atoms with van der Waals surface area (Å²) in [5.41, 5.74) is 11.6. The van der Waals surface area contributed by atoms with Crippen LogP contribution in [0, 0.1) is 5.82 Å². The van der Waals surface area contributed by atoms with Gasteiger partial charge in [0.05, 0.1) is 35.6 Å². The number of halogens is 1. The van der Waals surface area contributed by atoms with E-state index in [9.17, 15) is 19.1 Å². The van der Waals surface area contributed by atoms with Crippen LogP contribution in [0.15, 0.2) is 36.4 Å². The van der Waals surface area contributed by atoms with Crippen molar-refractivity contribution in [3.05, 3.63) is 64.6 Å². The van der Waals surface area contributed by atoms with Gasteiger partial charge in [-0.1, -0.05) is 12.1 Å². The van der Waals surface area contributed by atoms with Crippen molar-refractivity contribution in [3.63, 3.8) is 0 Å². The van der Waals surface area contributed by atoms with Crippen LogP contribution in [0.5, 0.6) is 0 Å². The smallest absolute Gasteiger partial charge is 0.251 e. The number of nitrogens with two attached hydrogens (primary N) is 2. The molecule has 36 heavy (non-hydrogen) atoms. The van der Waals surface area contributed by atoms with Crippen LogP contribution in [-0.2, 0) is 16.9 Å². The lowest BCUT2D eigenvalue weighted by atomic mass is 9.96. The molecule has 0 saturated carbocycles. The first-order valence-corrected chi connectivity index (χ1v) is 12.2. The molecule has 0 unspecified atom stereocenters. The standard InChI is InChI=1S/C25H28FN5O4S/c1-25(2,34)14-3-4-15(18(26)11-14)20-12-17(23(28)33)24(36-20)30-21-6-5-16(22(27)32)19(29-21)13-31-7-9-35-10-8-31/h3-6,11-12,34H,7-10,13H2,1-2H3,(H2,27,32)(H2,28,33)(H,29,30). The number of hydrogen-bond donors (Lipinski definition) is 4. The first kappa shape index (κ1) is 25.7. The van der Waals surface area contributed by atoms with Crippen molar-refractivity contribution >= 4 is 34.0 Å². The van der Waals surface area contributed by atoms with Crippen molar-refractivity contribution in [1.29, 1.82) is 0 Å². The number of ether oxygens (including phenoxy) is 1. The number of aliphatic hydroxyl groups is 1. The minimum Gasteiger partial charge on any atom is -0.386 e. The fourth-order valence-electron chi connectivity index (χ4n) is 3.90. The Labute approximate surface area is 211 Å². The molecule has 2 amide bonds. The molecule has 2 aromatic heterocycles. The molecule has 0 radical (unpaired) electrons. The number of nitrogens with zero attached hydrogens (tertiary/aromatic N) is 2. The maximum atomic E-state index is 14.9. The van der Waals surface area contributed by atoms with Crippen molar-refractivity contribution in [2.75, 3.05) is 31.6 Å². The van der Waals surface area contributed by atoms with Crippen molar-refractivity contribution in [1.82, 2.24) is 9.88 Å². The topological polar surface area (TPSA) is 144 Å². The molecule has 1 aliphatic heterocycles. The molecule has 9 nitrogen and oxygen atoms in total. The van der Waals surface area contributed by atoms with Crippen LogP contribution >= 0.6 is 11.3 Å². The van der Waals surface area contributed by atoms with Gasteiger partial charge in [0.15, 0.2) is 0 Å². The number of morpholine rings is 1. The van der Waals surface area contributed by atoms with Crippen molar-refractivity contribution in [2.45, 2.75) is 26.0 Å². The Bertz CT molecular complexity index is 1300. The van der Waals surface area contributed by atoms with Crippen molar-refractivity contribution in [2.24, 2.45) is 11.5 Å². The Morgan fingerprint density at radius 3 is 2.44 bits per heavy atom. The largest absolute Gasteiger partial charge is 0.386 e. The van der Waals surface area contributed by atoms with Crippen LogP contribution < -0.4 is 16.8 Å². The highest BCUT2D eigenvalue weighted by Crippen LogP contribution is 2.38. The zero-order chi connectivity index (χ0) is 26.0. The van der Waals surface area contributed by atoms with Crippen LogP contribution in [0.25, 0.3) is 10.4 Å². The van der Waals surface area contributed by atoms with E-state index in [1.54, 1.807) is 38.1 Å². The minimum absolute atomic E-state index is 0.177. The van der Waals surface area contributed by atoms with Gasteiger partial charge in [-0.05, 0) is 43.7 Å². The van der Waals surface area contributed by atoms with Crippen LogP contribution in [-0.4, -0.2) is 53.1 Å². The molecule has 4 rings (SSSR count). The number of carbonyl (C=O) groups excluding carboxylic acids is 2. The zero-order valence-electron chi connectivity index (χ0n) is 20.0. The average molecular weight is 514 g/mol. The van der Waals surface area contributed by atoms with Crippen LogP contribution in [0.1, 0.15) is 45.8 Å². The number of primary amides is 2. The summed E-state index contributed by atoms with van der Waals surface area (Å²) >= 11 is 1.14. The van der Waals surface area contributed by atoms with Gasteiger partial charge in [0, 0.05) is 30.1 Å². The molecule has 3 heterocycles. The molecular formula is C25H28FN5O4S. The molecule has 1 aliphatic rings. The van der Waals surface area contributed by atoms with Crippen LogP contribution in [0.2, 0.25) is 0 Å². The van der Waals surface area contributed by atoms with Gasteiger partial charge in [0.2, 0.25) is 0 Å². The number of thiophene rings is 1. The fourth-order valence-corrected chi connectivity index (χ4v) is 5.00. The normalized spacial score (nSPS) is 14.6. The highest BCUT2D eigenvalue weighted by atomic mass is 32.1. The average Bonchev–Trinajstić information content (AvgIpc) is 3.23. The number of carbonyl (C=O) groups is 2. The van der Waals surface area contributed by atoms with E-state index < -0.39 is 23.2 Å². The second kappa shape index (κ2) is 10.3. The van der Waals surface area contributed by atoms with Gasteiger partial charge in [-0.15, -0.1) is 11.3 Å². The van der Waals surface area contributed by atoms with E-state index in [0.717, 1.165) is 11.3 Å². The SMILES string of the molecule is CC(C)(O)c1ccc(-c2cc(C(N)=O)c(Nc3ccc(C(N)=O)c(CN4CCOCC4)n3)s2)c(F)c1. The molecule has 0 spiro atoms. The number of hydrogen-bond acceptors (Lipinski definition) is 8. The molecule has 11 heteroatoms. The van der Waals surface area contributed by atoms with Gasteiger partial charge in [-0.25, -0.2) is 9.37 Å². The summed E-state index contributed by atoms with van der Waals surface area (Å²) in [6.07, 6.45) is 0. The maximum absolute atomic E-state index is 14.9. The lowest BCUT2D eigenvalue weighted by Crippen LogP contribution is -2.36. The van der Waals surface area contributed by atoms with Gasteiger partial charge in [-0.2, -0.15) is 0 Å². The number of amides is 2. The van der Waals surface area contributed by atoms with Gasteiger partial charge in [0.1, 0.15) is 16.6 Å². The quantitative estimate of drug-likeness (QED) is 0.362. The Morgan fingerprint density at radius 2 is 1.83 bits per heavy atom. The molecule has 190 valence electrons. The molecule has 1 fully saturated rings. The third kappa shape index (κ3) is 5.71. The Balaban J connectivity index is 1.66. The van der Waals surface area contributed by atoms with E-state index in [4.69, 9.17) is 16.2 Å². The lowest BCUT2D eigenvalue weighted by molar-refractivity contribution is 0.0335. The Morgan fingerprint density at radius 1 is 1.14 bits per heavy atom. The first-order chi connectivity index (χ1) is 17.0. The van der Waals surface area contributed by atoms with Gasteiger partial charge in [0.25, 0.3) is 11.8 Å². The van der Waals surface area contributed by atoms with E-state index in [0.29, 0.717) is 65.4 Å². The summed E-state index contributed by atoms with van der Waals surface area (Å²) in [6, 6.07) is 9.16. The number of benzene rings is 1. The lowest BCUT2D eigenvalue weighted by Gasteiger charge is -2.26. The third-order valence-electron chi connectivity index (χ3n) is 5.90. The Kier molecular flexibility index (Phi) is 7.36. The number of nitrogens with one attached hydrogen (secondary N) is 1. The summed E-state index contributed by atoms with van der Waals surface area (Å²) in [5.74, 6) is -1.42. The van der Waals surface area contributed by atoms with Crippen molar-refractivity contribution < 1.29 is 23.8 Å². The van der Waals surface area contributed by atoms with Crippen molar-refractivity contribution in [3.8, 4) is 10.4 Å². The van der Waals surface area contributed by atoms with E-state index in [2.05, 4.69) is 15.2 Å². The van der Waals surface area contributed by atoms with Gasteiger partial charge >= 0.3 is 0 Å². The summed E-state index contributed by atoms with van der Waals surface area (Å²) in [5, 5.41) is 13.6. The Hall–Kier alpha value is -3.38. The van der Waals surface area contributed by atoms with E-state index in [1.165, 1.54) is 12.1 Å². The highest BCUT2D eigenvalue weighted by molar-refractivity contribution is 7.20. The second-order valence-corrected chi connectivity index (χ2v) is 10.1. The third-order valence-corrected chi connectivity index (χ3v) is 6.98.